The number of rotatable bonds is 7. The molecule has 1 heterocycles. The highest BCUT2D eigenvalue weighted by molar-refractivity contribution is 5.97. The van der Waals surface area contributed by atoms with Gasteiger partial charge < -0.3 is 4.90 Å². The van der Waals surface area contributed by atoms with Gasteiger partial charge in [0.1, 0.15) is 0 Å². The Bertz CT molecular complexity index is 395. The van der Waals surface area contributed by atoms with Gasteiger partial charge in [-0.15, -0.1) is 0 Å². The lowest BCUT2D eigenvalue weighted by Gasteiger charge is -2.30. The molecule has 1 aromatic rings. The Morgan fingerprint density at radius 2 is 1.85 bits per heavy atom. The fraction of sp³-hybridized carbons (Fsp3) is 0.611. The van der Waals surface area contributed by atoms with Gasteiger partial charge in [-0.3, -0.25) is 4.79 Å². The van der Waals surface area contributed by atoms with Crippen molar-refractivity contribution in [1.82, 2.24) is 4.90 Å². The van der Waals surface area contributed by atoms with Gasteiger partial charge >= 0.3 is 0 Å². The summed E-state index contributed by atoms with van der Waals surface area (Å²) in [6.45, 7) is 5.49. The van der Waals surface area contributed by atoms with Crippen molar-refractivity contribution in [3.8, 4) is 0 Å². The first-order chi connectivity index (χ1) is 9.81. The molecule has 1 fully saturated rings. The summed E-state index contributed by atoms with van der Waals surface area (Å²) in [5.74, 6) is 0.514. The van der Waals surface area contributed by atoms with Crippen LogP contribution in [0, 0.1) is 5.92 Å². The number of unbranched alkanes of at least 4 members (excludes halogenated alkanes) is 1. The first-order valence-corrected chi connectivity index (χ1v) is 8.13. The molecule has 0 bridgehead atoms. The molecule has 20 heavy (non-hydrogen) atoms. The third-order valence-electron chi connectivity index (χ3n) is 4.26. The van der Waals surface area contributed by atoms with Crippen LogP contribution >= 0.6 is 0 Å². The van der Waals surface area contributed by atoms with E-state index in [0.717, 1.165) is 24.9 Å². The molecule has 0 saturated carbocycles. The van der Waals surface area contributed by atoms with Gasteiger partial charge in [-0.25, -0.2) is 0 Å². The van der Waals surface area contributed by atoms with Crippen LogP contribution in [0.3, 0.4) is 0 Å². The number of Topliss-reactive ketones (excluding diaryl/α,β-unsaturated/α-hetero) is 1. The average molecular weight is 273 g/mol. The lowest BCUT2D eigenvalue weighted by molar-refractivity contribution is 0.0856. The molecule has 0 radical (unpaired) electrons. The first kappa shape index (κ1) is 15.2. The van der Waals surface area contributed by atoms with Crippen LogP contribution in [0.25, 0.3) is 0 Å². The van der Waals surface area contributed by atoms with Crippen LogP contribution in [0.1, 0.15) is 55.8 Å². The first-order valence-electron chi connectivity index (χ1n) is 8.13. The average Bonchev–Trinajstić information content (AvgIpc) is 2.52. The van der Waals surface area contributed by atoms with E-state index in [1.54, 1.807) is 0 Å². The summed E-state index contributed by atoms with van der Waals surface area (Å²) in [5.41, 5.74) is 0.880. The molecule has 0 aromatic heterocycles. The Morgan fingerprint density at radius 1 is 1.15 bits per heavy atom. The summed E-state index contributed by atoms with van der Waals surface area (Å²) in [5, 5.41) is 0. The summed E-state index contributed by atoms with van der Waals surface area (Å²) < 4.78 is 0. The number of hydrogen-bond acceptors (Lipinski definition) is 2. The highest BCUT2D eigenvalue weighted by atomic mass is 16.1. The Balaban J connectivity index is 2.00. The van der Waals surface area contributed by atoms with Gasteiger partial charge in [0.2, 0.25) is 0 Å². The van der Waals surface area contributed by atoms with Crippen LogP contribution in [0.15, 0.2) is 30.3 Å². The summed E-state index contributed by atoms with van der Waals surface area (Å²) in [4.78, 5) is 15.2. The van der Waals surface area contributed by atoms with Crippen molar-refractivity contribution < 1.29 is 4.79 Å². The topological polar surface area (TPSA) is 20.3 Å². The lowest BCUT2D eigenvalue weighted by atomic mass is 9.91. The minimum absolute atomic E-state index is 0.176. The van der Waals surface area contributed by atoms with E-state index in [1.165, 1.54) is 38.8 Å². The Kier molecular flexibility index (Phi) is 6.25. The quantitative estimate of drug-likeness (QED) is 0.695. The van der Waals surface area contributed by atoms with E-state index >= 15 is 0 Å². The van der Waals surface area contributed by atoms with Crippen LogP contribution in [0.2, 0.25) is 0 Å². The molecule has 110 valence electrons. The zero-order valence-electron chi connectivity index (χ0n) is 12.7. The minimum Gasteiger partial charge on any atom is -0.303 e. The van der Waals surface area contributed by atoms with Gasteiger partial charge in [0.05, 0.1) is 0 Å². The molecule has 0 spiro atoms. The normalized spacial score (nSPS) is 17.9. The number of carbonyl (C=O) groups excluding carboxylic acids is 1. The number of carbonyl (C=O) groups is 1. The van der Waals surface area contributed by atoms with Crippen molar-refractivity contribution in [1.29, 1.82) is 0 Å². The molecule has 2 nitrogen and oxygen atoms in total. The van der Waals surface area contributed by atoms with Crippen LogP contribution in [0.5, 0.6) is 0 Å². The summed E-state index contributed by atoms with van der Waals surface area (Å²) in [7, 11) is 0. The molecule has 1 atom stereocenters. The van der Waals surface area contributed by atoms with E-state index in [4.69, 9.17) is 0 Å². The second kappa shape index (κ2) is 8.21. The second-order valence-corrected chi connectivity index (χ2v) is 5.93. The fourth-order valence-electron chi connectivity index (χ4n) is 3.05. The monoisotopic (exact) mass is 273 g/mol. The zero-order valence-corrected chi connectivity index (χ0v) is 12.7. The maximum absolute atomic E-state index is 12.7. The molecule has 1 aromatic carbocycles. The van der Waals surface area contributed by atoms with E-state index in [0.29, 0.717) is 5.78 Å². The van der Waals surface area contributed by atoms with Gasteiger partial charge in [-0.2, -0.15) is 0 Å². The molecule has 0 aliphatic carbocycles. The molecule has 2 rings (SSSR count). The number of piperidine rings is 1. The van der Waals surface area contributed by atoms with Gasteiger partial charge in [0, 0.05) is 18.0 Å². The maximum Gasteiger partial charge on any atom is 0.167 e. The molecule has 1 unspecified atom stereocenters. The Hall–Kier alpha value is -1.15. The highest BCUT2D eigenvalue weighted by Crippen LogP contribution is 2.19. The van der Waals surface area contributed by atoms with Crippen LogP contribution in [-0.4, -0.2) is 30.3 Å². The molecular formula is C18H27NO. The van der Waals surface area contributed by atoms with Gasteiger partial charge in [-0.05, 0) is 32.4 Å². The standard InChI is InChI=1S/C18H27NO/c1-2-3-10-17(15-19-13-8-5-9-14-19)18(20)16-11-6-4-7-12-16/h4,6-7,11-12,17H,2-3,5,8-10,13-15H2,1H3. The second-order valence-electron chi connectivity index (χ2n) is 5.93. The van der Waals surface area contributed by atoms with E-state index in [-0.39, 0.29) is 5.92 Å². The van der Waals surface area contributed by atoms with Crippen molar-refractivity contribution in [2.75, 3.05) is 19.6 Å². The van der Waals surface area contributed by atoms with Crippen LogP contribution in [0.4, 0.5) is 0 Å². The number of nitrogens with zero attached hydrogens (tertiary/aromatic N) is 1. The highest BCUT2D eigenvalue weighted by Gasteiger charge is 2.23. The van der Waals surface area contributed by atoms with Gasteiger partial charge in [-0.1, -0.05) is 56.5 Å². The molecule has 1 aliphatic heterocycles. The van der Waals surface area contributed by atoms with Crippen molar-refractivity contribution in [3.05, 3.63) is 35.9 Å². The predicted molar refractivity (Wildman–Crippen MR) is 84.1 cm³/mol. The van der Waals surface area contributed by atoms with Crippen LogP contribution in [-0.2, 0) is 0 Å². The fourth-order valence-corrected chi connectivity index (χ4v) is 3.05. The molecule has 0 N–H and O–H groups in total. The van der Waals surface area contributed by atoms with Crippen molar-refractivity contribution in [3.63, 3.8) is 0 Å². The van der Waals surface area contributed by atoms with Gasteiger partial charge in [0.15, 0.2) is 5.78 Å². The molecule has 2 heteroatoms. The zero-order chi connectivity index (χ0) is 14.2. The SMILES string of the molecule is CCCCC(CN1CCCCC1)C(=O)c1ccccc1. The summed E-state index contributed by atoms with van der Waals surface area (Å²) in [6, 6.07) is 9.81. The summed E-state index contributed by atoms with van der Waals surface area (Å²) >= 11 is 0. The lowest BCUT2D eigenvalue weighted by Crippen LogP contribution is -2.36. The maximum atomic E-state index is 12.7. The third-order valence-corrected chi connectivity index (χ3v) is 4.26. The summed E-state index contributed by atoms with van der Waals surface area (Å²) in [6.07, 6.45) is 7.28. The molecule has 1 saturated heterocycles. The van der Waals surface area contributed by atoms with E-state index in [9.17, 15) is 4.79 Å². The van der Waals surface area contributed by atoms with Crippen molar-refractivity contribution in [2.45, 2.75) is 45.4 Å². The largest absolute Gasteiger partial charge is 0.303 e. The van der Waals surface area contributed by atoms with E-state index in [2.05, 4.69) is 11.8 Å². The number of hydrogen-bond donors (Lipinski definition) is 0. The number of benzene rings is 1. The predicted octanol–water partition coefficient (Wildman–Crippen LogP) is 4.16. The van der Waals surface area contributed by atoms with E-state index < -0.39 is 0 Å². The minimum atomic E-state index is 0.176. The van der Waals surface area contributed by atoms with Gasteiger partial charge in [0.25, 0.3) is 0 Å². The molecular weight excluding hydrogens is 246 g/mol. The third kappa shape index (κ3) is 4.45. The Labute approximate surface area is 123 Å². The molecule has 1 aliphatic rings. The smallest absolute Gasteiger partial charge is 0.167 e. The van der Waals surface area contributed by atoms with Crippen molar-refractivity contribution in [2.24, 2.45) is 5.92 Å². The van der Waals surface area contributed by atoms with E-state index in [1.807, 2.05) is 30.3 Å². The number of likely N-dealkylation sites (tertiary alicyclic amines) is 1. The van der Waals surface area contributed by atoms with Crippen molar-refractivity contribution >= 4 is 5.78 Å². The Morgan fingerprint density at radius 3 is 2.50 bits per heavy atom. The number of ketones is 1. The van der Waals surface area contributed by atoms with Crippen LogP contribution < -0.4 is 0 Å². The molecule has 0 amide bonds.